The molecule has 0 spiro atoms. The Labute approximate surface area is 151 Å². The van der Waals surface area contributed by atoms with E-state index in [0.717, 1.165) is 5.56 Å². The van der Waals surface area contributed by atoms with Crippen LogP contribution in [0, 0.1) is 0 Å². The standard InChI is InChI=1S/C12H10NOS2.C5H5.Fe/c1-2-7-13-11(14)10(16-12(13)15)8-9-5-3-4-6-9;1-2-4-5-3-1;/h2-6,8H,1,7H2;1-5H;/q2*-1;+2. The van der Waals surface area contributed by atoms with Crippen molar-refractivity contribution in [1.82, 2.24) is 4.90 Å². The second-order valence-corrected chi connectivity index (χ2v) is 5.94. The zero-order valence-corrected chi connectivity index (χ0v) is 14.5. The van der Waals surface area contributed by atoms with Crippen molar-refractivity contribution < 1.29 is 21.9 Å². The van der Waals surface area contributed by atoms with Crippen molar-refractivity contribution in [2.24, 2.45) is 0 Å². The van der Waals surface area contributed by atoms with Crippen LogP contribution in [0.15, 0.2) is 72.2 Å². The van der Waals surface area contributed by atoms with Gasteiger partial charge >= 0.3 is 17.1 Å². The van der Waals surface area contributed by atoms with Crippen molar-refractivity contribution in [2.45, 2.75) is 0 Å². The van der Waals surface area contributed by atoms with Crippen molar-refractivity contribution in [3.05, 3.63) is 77.7 Å². The van der Waals surface area contributed by atoms with Gasteiger partial charge in [-0.15, -0.1) is 18.7 Å². The molecular weight excluding hydrogens is 354 g/mol. The minimum absolute atomic E-state index is 0. The molecule has 1 aliphatic heterocycles. The van der Waals surface area contributed by atoms with Crippen LogP contribution in [0.3, 0.4) is 0 Å². The fourth-order valence-electron chi connectivity index (χ4n) is 1.74. The molecule has 0 saturated carbocycles. The third-order valence-electron chi connectivity index (χ3n) is 2.73. The summed E-state index contributed by atoms with van der Waals surface area (Å²) in [4.78, 5) is 14.2. The number of nitrogens with zero attached hydrogens (tertiary/aromatic N) is 1. The summed E-state index contributed by atoms with van der Waals surface area (Å²) in [6.07, 6.45) is 3.54. The summed E-state index contributed by atoms with van der Waals surface area (Å²) in [7, 11) is 0. The zero-order valence-electron chi connectivity index (χ0n) is 11.8. The first-order valence-electron chi connectivity index (χ1n) is 6.47. The van der Waals surface area contributed by atoms with Crippen LogP contribution in [-0.4, -0.2) is 21.7 Å². The van der Waals surface area contributed by atoms with Crippen molar-refractivity contribution in [1.29, 1.82) is 0 Å². The van der Waals surface area contributed by atoms with E-state index in [4.69, 9.17) is 12.2 Å². The smallest absolute Gasteiger partial charge is 0.290 e. The number of carbonyl (C=O) groups is 1. The zero-order chi connectivity index (χ0) is 15.1. The molecule has 2 aromatic rings. The summed E-state index contributed by atoms with van der Waals surface area (Å²) < 4.78 is 0.600. The third kappa shape index (κ3) is 5.11. The SMILES string of the molecule is C=CCN1C(=O)C(=Cc2ccc[cH-]2)SC1=S.[Fe+2].c1cc[cH-]c1. The van der Waals surface area contributed by atoms with Gasteiger partial charge in [0.05, 0.1) is 0 Å². The molecule has 0 unspecified atom stereocenters. The molecule has 1 heterocycles. The van der Waals surface area contributed by atoms with Crippen molar-refractivity contribution in [2.75, 3.05) is 6.54 Å². The molecule has 1 saturated heterocycles. The molecule has 0 aliphatic carbocycles. The van der Waals surface area contributed by atoms with E-state index in [0.29, 0.717) is 15.8 Å². The number of hydrogen-bond donors (Lipinski definition) is 0. The van der Waals surface area contributed by atoms with E-state index >= 15 is 0 Å². The average molecular weight is 369 g/mol. The predicted molar refractivity (Wildman–Crippen MR) is 94.1 cm³/mol. The number of amides is 1. The van der Waals surface area contributed by atoms with Crippen LogP contribution in [0.5, 0.6) is 0 Å². The van der Waals surface area contributed by atoms with Gasteiger partial charge < -0.3 is 0 Å². The number of thioether (sulfide) groups is 1. The van der Waals surface area contributed by atoms with E-state index in [-0.39, 0.29) is 23.0 Å². The van der Waals surface area contributed by atoms with E-state index in [9.17, 15) is 4.79 Å². The van der Waals surface area contributed by atoms with E-state index in [2.05, 4.69) is 6.58 Å². The van der Waals surface area contributed by atoms with E-state index < -0.39 is 0 Å². The Bertz CT molecular complexity index is 612. The number of hydrogen-bond acceptors (Lipinski definition) is 3. The maximum absolute atomic E-state index is 11.9. The van der Waals surface area contributed by atoms with Crippen LogP contribution in [0.1, 0.15) is 5.56 Å². The molecule has 114 valence electrons. The quantitative estimate of drug-likeness (QED) is 0.266. The minimum Gasteiger partial charge on any atom is -0.290 e. The summed E-state index contributed by atoms with van der Waals surface area (Å²) in [6.45, 7) is 4.09. The van der Waals surface area contributed by atoms with Crippen LogP contribution in [0.4, 0.5) is 0 Å². The monoisotopic (exact) mass is 369 g/mol. The average Bonchev–Trinajstić information content (AvgIpc) is 3.20. The molecule has 1 amide bonds. The van der Waals surface area contributed by atoms with Gasteiger partial charge in [0, 0.05) is 11.4 Å². The fourth-order valence-corrected chi connectivity index (χ4v) is 3.02. The topological polar surface area (TPSA) is 20.3 Å². The molecule has 22 heavy (non-hydrogen) atoms. The Hall–Kier alpha value is -1.39. The van der Waals surface area contributed by atoms with Crippen molar-refractivity contribution in [3.63, 3.8) is 0 Å². The number of carbonyl (C=O) groups excluding carboxylic acids is 1. The van der Waals surface area contributed by atoms with Crippen LogP contribution in [0.25, 0.3) is 6.08 Å². The first kappa shape index (κ1) is 18.7. The van der Waals surface area contributed by atoms with Crippen LogP contribution in [0.2, 0.25) is 0 Å². The summed E-state index contributed by atoms with van der Waals surface area (Å²) in [5, 5.41) is 0. The first-order valence-corrected chi connectivity index (χ1v) is 7.69. The van der Waals surface area contributed by atoms with Gasteiger partial charge in [0.1, 0.15) is 4.32 Å². The molecule has 1 aliphatic rings. The van der Waals surface area contributed by atoms with Gasteiger partial charge in [-0.1, -0.05) is 30.1 Å². The van der Waals surface area contributed by atoms with E-state index in [1.165, 1.54) is 11.8 Å². The normalized spacial score (nSPS) is 15.3. The Morgan fingerprint density at radius 3 is 2.50 bits per heavy atom. The Balaban J connectivity index is 0.000000344. The van der Waals surface area contributed by atoms with Gasteiger partial charge in [-0.2, -0.15) is 42.0 Å². The van der Waals surface area contributed by atoms with Crippen LogP contribution >= 0.6 is 24.0 Å². The molecule has 5 heteroatoms. The maximum Gasteiger partial charge on any atom is 2.00 e. The van der Waals surface area contributed by atoms with Gasteiger partial charge in [-0.3, -0.25) is 9.69 Å². The van der Waals surface area contributed by atoms with Gasteiger partial charge in [0.15, 0.2) is 0 Å². The summed E-state index contributed by atoms with van der Waals surface area (Å²) in [6, 6.07) is 17.8. The molecule has 2 aromatic carbocycles. The van der Waals surface area contributed by atoms with Gasteiger partial charge in [-0.05, 0) is 0 Å². The summed E-state index contributed by atoms with van der Waals surface area (Å²) >= 11 is 6.48. The van der Waals surface area contributed by atoms with Crippen LogP contribution in [-0.2, 0) is 21.9 Å². The molecule has 1 fully saturated rings. The Morgan fingerprint density at radius 2 is 2.00 bits per heavy atom. The van der Waals surface area contributed by atoms with E-state index in [1.54, 1.807) is 11.0 Å². The molecule has 0 aromatic heterocycles. The first-order chi connectivity index (χ1) is 10.2. The van der Waals surface area contributed by atoms with Gasteiger partial charge in [0.2, 0.25) is 0 Å². The molecule has 0 N–H and O–H groups in total. The molecule has 0 atom stereocenters. The maximum atomic E-state index is 11.9. The van der Waals surface area contributed by atoms with Gasteiger partial charge in [0.25, 0.3) is 5.91 Å². The molecule has 2 nitrogen and oxygen atoms in total. The minimum atomic E-state index is -0.0314. The molecule has 3 rings (SSSR count). The second kappa shape index (κ2) is 9.59. The Kier molecular flexibility index (Phi) is 8.13. The van der Waals surface area contributed by atoms with E-state index in [1.807, 2.05) is 60.7 Å². The molecule has 0 radical (unpaired) electrons. The largest absolute Gasteiger partial charge is 2.00 e. The molecular formula is C17H15FeNOS2. The second-order valence-electron chi connectivity index (χ2n) is 4.26. The summed E-state index contributed by atoms with van der Waals surface area (Å²) in [5.41, 5.74) is 1.03. The van der Waals surface area contributed by atoms with Crippen molar-refractivity contribution in [3.8, 4) is 0 Å². The number of thiocarbonyl (C=S) groups is 1. The van der Waals surface area contributed by atoms with Gasteiger partial charge in [-0.25, -0.2) is 12.1 Å². The molecule has 0 bridgehead atoms. The van der Waals surface area contributed by atoms with Crippen LogP contribution < -0.4 is 0 Å². The Morgan fingerprint density at radius 1 is 1.27 bits per heavy atom. The fraction of sp³-hybridized carbons (Fsp3) is 0.0588. The third-order valence-corrected chi connectivity index (χ3v) is 4.10. The predicted octanol–water partition coefficient (Wildman–Crippen LogP) is 4.20. The summed E-state index contributed by atoms with van der Waals surface area (Å²) in [5.74, 6) is -0.0314. The number of rotatable bonds is 3. The van der Waals surface area contributed by atoms with Crippen molar-refractivity contribution >= 4 is 40.3 Å².